The molecule has 0 saturated carbocycles. The Hall–Kier alpha value is -2.04. The van der Waals surface area contributed by atoms with Gasteiger partial charge in [-0.05, 0) is 49.2 Å². The number of amides is 1. The third-order valence-electron chi connectivity index (χ3n) is 4.64. The van der Waals surface area contributed by atoms with Crippen LogP contribution < -0.4 is 10.1 Å². The monoisotopic (exact) mass is 358 g/mol. The molecule has 0 spiro atoms. The predicted molar refractivity (Wildman–Crippen MR) is 101 cm³/mol. The molecule has 1 heterocycles. The first kappa shape index (κ1) is 17.8. The van der Waals surface area contributed by atoms with Crippen LogP contribution >= 0.6 is 11.6 Å². The third kappa shape index (κ3) is 4.53. The van der Waals surface area contributed by atoms with Gasteiger partial charge in [0.2, 0.25) is 0 Å². The van der Waals surface area contributed by atoms with Gasteiger partial charge in [-0.2, -0.15) is 0 Å². The van der Waals surface area contributed by atoms with Gasteiger partial charge < -0.3 is 15.0 Å². The van der Waals surface area contributed by atoms with E-state index in [1.165, 1.54) is 0 Å². The van der Waals surface area contributed by atoms with Gasteiger partial charge in [0, 0.05) is 13.1 Å². The van der Waals surface area contributed by atoms with Crippen LogP contribution in [0.5, 0.6) is 5.75 Å². The Morgan fingerprint density at radius 1 is 1.16 bits per heavy atom. The Balaban J connectivity index is 1.60. The van der Waals surface area contributed by atoms with Crippen LogP contribution in [0.2, 0.25) is 5.02 Å². The van der Waals surface area contributed by atoms with Crippen molar-refractivity contribution in [3.63, 3.8) is 0 Å². The number of carbonyl (C=O) groups is 1. The normalized spacial score (nSPS) is 15.0. The summed E-state index contributed by atoms with van der Waals surface area (Å²) in [5.74, 6) is 0.517. The van der Waals surface area contributed by atoms with Crippen molar-refractivity contribution in [2.45, 2.75) is 18.9 Å². The first-order chi connectivity index (χ1) is 12.1. The number of nitrogens with one attached hydrogen (secondary N) is 1. The van der Waals surface area contributed by atoms with Crippen LogP contribution in [-0.4, -0.2) is 43.6 Å². The minimum Gasteiger partial charge on any atom is -0.482 e. The second kappa shape index (κ2) is 8.37. The van der Waals surface area contributed by atoms with E-state index in [1.807, 2.05) is 55.6 Å². The molecular formula is C20H23ClN2O2. The van der Waals surface area contributed by atoms with Crippen LogP contribution in [0.25, 0.3) is 11.1 Å². The van der Waals surface area contributed by atoms with Crippen molar-refractivity contribution < 1.29 is 9.53 Å². The molecule has 0 atom stereocenters. The van der Waals surface area contributed by atoms with E-state index in [2.05, 4.69) is 5.32 Å². The van der Waals surface area contributed by atoms with Gasteiger partial charge in [0.1, 0.15) is 5.75 Å². The highest BCUT2D eigenvalue weighted by Gasteiger charge is 2.22. The fraction of sp³-hybridized carbons (Fsp3) is 0.350. The quantitative estimate of drug-likeness (QED) is 0.888. The van der Waals surface area contributed by atoms with Crippen LogP contribution in [0.1, 0.15) is 12.8 Å². The minimum absolute atomic E-state index is 0.00479. The molecule has 3 rings (SSSR count). The Bertz CT molecular complexity index is 715. The number of halogens is 1. The van der Waals surface area contributed by atoms with Gasteiger partial charge in [0.15, 0.2) is 6.61 Å². The van der Waals surface area contributed by atoms with E-state index in [-0.39, 0.29) is 18.6 Å². The topological polar surface area (TPSA) is 41.6 Å². The first-order valence-corrected chi connectivity index (χ1v) is 8.97. The minimum atomic E-state index is -0.0184. The molecule has 1 amide bonds. The maximum atomic E-state index is 12.4. The molecule has 1 saturated heterocycles. The number of carbonyl (C=O) groups excluding carboxylic acids is 1. The Morgan fingerprint density at radius 2 is 1.88 bits per heavy atom. The second-order valence-corrected chi connectivity index (χ2v) is 6.69. The number of likely N-dealkylation sites (N-methyl/N-ethyl adjacent to an activating group) is 1. The van der Waals surface area contributed by atoms with Crippen LogP contribution in [-0.2, 0) is 4.79 Å². The molecule has 1 aliphatic heterocycles. The van der Waals surface area contributed by atoms with Crippen LogP contribution in [0.3, 0.4) is 0 Å². The van der Waals surface area contributed by atoms with Crippen molar-refractivity contribution in [3.8, 4) is 16.9 Å². The number of hydrogen-bond donors (Lipinski definition) is 1. The summed E-state index contributed by atoms with van der Waals surface area (Å²) in [5.41, 5.74) is 2.12. The van der Waals surface area contributed by atoms with Gasteiger partial charge in [0.05, 0.1) is 5.02 Å². The summed E-state index contributed by atoms with van der Waals surface area (Å²) in [6.07, 6.45) is 1.96. The summed E-state index contributed by atoms with van der Waals surface area (Å²) in [5, 5.41) is 3.82. The van der Waals surface area contributed by atoms with E-state index < -0.39 is 0 Å². The van der Waals surface area contributed by atoms with Gasteiger partial charge in [-0.25, -0.2) is 0 Å². The lowest BCUT2D eigenvalue weighted by Crippen LogP contribution is -2.45. The Morgan fingerprint density at radius 3 is 2.56 bits per heavy atom. The zero-order valence-corrected chi connectivity index (χ0v) is 15.1. The second-order valence-electron chi connectivity index (χ2n) is 6.29. The number of hydrogen-bond acceptors (Lipinski definition) is 3. The van der Waals surface area contributed by atoms with Crippen molar-refractivity contribution in [2.24, 2.45) is 0 Å². The summed E-state index contributed by atoms with van der Waals surface area (Å²) < 4.78 is 5.66. The third-order valence-corrected chi connectivity index (χ3v) is 4.94. The lowest BCUT2D eigenvalue weighted by atomic mass is 10.1. The van der Waals surface area contributed by atoms with E-state index >= 15 is 0 Å². The highest BCUT2D eigenvalue weighted by molar-refractivity contribution is 6.32. The van der Waals surface area contributed by atoms with E-state index in [4.69, 9.17) is 16.3 Å². The summed E-state index contributed by atoms with van der Waals surface area (Å²) >= 11 is 6.33. The van der Waals surface area contributed by atoms with E-state index in [1.54, 1.807) is 4.90 Å². The predicted octanol–water partition coefficient (Wildman–Crippen LogP) is 3.60. The molecule has 5 heteroatoms. The maximum absolute atomic E-state index is 12.4. The number of ether oxygens (including phenoxy) is 1. The summed E-state index contributed by atoms with van der Waals surface area (Å²) in [6.45, 7) is 1.91. The molecule has 4 nitrogen and oxygen atoms in total. The standard InChI is InChI=1S/C20H23ClN2O2/c1-23(17-9-11-22-12-10-17)20(24)14-25-19-8-7-16(13-18(19)21)15-5-3-2-4-6-15/h2-8,13,17,22H,9-12,14H2,1H3. The van der Waals surface area contributed by atoms with Gasteiger partial charge >= 0.3 is 0 Å². The highest BCUT2D eigenvalue weighted by Crippen LogP contribution is 2.30. The summed E-state index contributed by atoms with van der Waals surface area (Å²) in [7, 11) is 1.85. The molecule has 0 unspecified atom stereocenters. The summed E-state index contributed by atoms with van der Waals surface area (Å²) in [4.78, 5) is 14.2. The van der Waals surface area contributed by atoms with Crippen LogP contribution in [0, 0.1) is 0 Å². The molecule has 1 N–H and O–H groups in total. The SMILES string of the molecule is CN(C(=O)COc1ccc(-c2ccccc2)cc1Cl)C1CCNCC1. The number of rotatable bonds is 5. The van der Waals surface area contributed by atoms with Crippen molar-refractivity contribution >= 4 is 17.5 Å². The van der Waals surface area contributed by atoms with Gasteiger partial charge in [-0.1, -0.05) is 48.0 Å². The lowest BCUT2D eigenvalue weighted by molar-refractivity contribution is -0.134. The molecule has 25 heavy (non-hydrogen) atoms. The fourth-order valence-corrected chi connectivity index (χ4v) is 3.30. The lowest BCUT2D eigenvalue weighted by Gasteiger charge is -2.31. The van der Waals surface area contributed by atoms with Crippen molar-refractivity contribution in [1.29, 1.82) is 0 Å². The molecule has 2 aromatic rings. The molecular weight excluding hydrogens is 336 g/mol. The smallest absolute Gasteiger partial charge is 0.260 e. The number of benzene rings is 2. The van der Waals surface area contributed by atoms with Crippen molar-refractivity contribution in [3.05, 3.63) is 53.6 Å². The Kier molecular flexibility index (Phi) is 5.95. The largest absolute Gasteiger partial charge is 0.482 e. The average molecular weight is 359 g/mol. The Labute approximate surface area is 153 Å². The van der Waals surface area contributed by atoms with Crippen molar-refractivity contribution in [1.82, 2.24) is 10.2 Å². The number of nitrogens with zero attached hydrogens (tertiary/aromatic N) is 1. The summed E-state index contributed by atoms with van der Waals surface area (Å²) in [6, 6.07) is 16.0. The molecule has 0 aromatic heterocycles. The fourth-order valence-electron chi connectivity index (χ4n) is 3.07. The number of piperidine rings is 1. The first-order valence-electron chi connectivity index (χ1n) is 8.59. The average Bonchev–Trinajstić information content (AvgIpc) is 2.67. The van der Waals surface area contributed by atoms with E-state index in [9.17, 15) is 4.79 Å². The highest BCUT2D eigenvalue weighted by atomic mass is 35.5. The molecule has 0 bridgehead atoms. The van der Waals surface area contributed by atoms with E-state index in [0.717, 1.165) is 37.1 Å². The van der Waals surface area contributed by atoms with Gasteiger partial charge in [-0.3, -0.25) is 4.79 Å². The molecule has 0 aliphatic carbocycles. The maximum Gasteiger partial charge on any atom is 0.260 e. The molecule has 0 radical (unpaired) electrons. The molecule has 132 valence electrons. The van der Waals surface area contributed by atoms with Crippen LogP contribution in [0.4, 0.5) is 0 Å². The molecule has 2 aromatic carbocycles. The molecule has 1 aliphatic rings. The zero-order chi connectivity index (χ0) is 17.6. The van der Waals surface area contributed by atoms with Crippen LogP contribution in [0.15, 0.2) is 48.5 Å². The zero-order valence-electron chi connectivity index (χ0n) is 14.4. The van der Waals surface area contributed by atoms with Gasteiger partial charge in [-0.15, -0.1) is 0 Å². The van der Waals surface area contributed by atoms with Gasteiger partial charge in [0.25, 0.3) is 5.91 Å². The molecule has 1 fully saturated rings. The van der Waals surface area contributed by atoms with E-state index in [0.29, 0.717) is 10.8 Å². The van der Waals surface area contributed by atoms with Crippen molar-refractivity contribution in [2.75, 3.05) is 26.7 Å².